The van der Waals surface area contributed by atoms with Crippen molar-refractivity contribution in [3.8, 4) is 0 Å². The van der Waals surface area contributed by atoms with Crippen molar-refractivity contribution in [2.45, 2.75) is 111 Å². The summed E-state index contributed by atoms with van der Waals surface area (Å²) in [5.41, 5.74) is 9.24. The molecule has 5 atom stereocenters. The number of hydrogen-bond donors (Lipinski definition) is 3. The number of aliphatic hydroxyl groups is 1. The van der Waals surface area contributed by atoms with E-state index in [1.54, 1.807) is 4.90 Å². The van der Waals surface area contributed by atoms with Crippen molar-refractivity contribution in [3.05, 3.63) is 65.7 Å². The van der Waals surface area contributed by atoms with Gasteiger partial charge in [-0.3, -0.25) is 9.59 Å². The SMILES string of the molecule is CCC(C)[C@@H](C(N)=O)N(CCc1ccccc1)C(=O)C(CC(O)C(CC1CCCCC1)Nc1ccc(C)cc1)C(C)C. The number of nitrogens with one attached hydrogen (secondary N) is 1. The molecule has 1 aliphatic rings. The number of hydrogen-bond acceptors (Lipinski definition) is 4. The zero-order valence-electron chi connectivity index (χ0n) is 26.6. The molecule has 0 saturated heterocycles. The number of anilines is 1. The molecule has 42 heavy (non-hydrogen) atoms. The third-order valence-electron chi connectivity index (χ3n) is 9.37. The first kappa shape index (κ1) is 33.6. The maximum Gasteiger partial charge on any atom is 0.240 e. The molecular weight excluding hydrogens is 522 g/mol. The highest BCUT2D eigenvalue weighted by molar-refractivity contribution is 5.88. The van der Waals surface area contributed by atoms with Crippen LogP contribution in [0, 0.1) is 30.6 Å². The van der Waals surface area contributed by atoms with Crippen LogP contribution in [0.3, 0.4) is 0 Å². The highest BCUT2D eigenvalue weighted by Crippen LogP contribution is 2.32. The predicted octanol–water partition coefficient (Wildman–Crippen LogP) is 6.74. The molecule has 232 valence electrons. The second-order valence-electron chi connectivity index (χ2n) is 13.0. The highest BCUT2D eigenvalue weighted by atomic mass is 16.3. The third kappa shape index (κ3) is 9.86. The third-order valence-corrected chi connectivity index (χ3v) is 9.37. The smallest absolute Gasteiger partial charge is 0.240 e. The van der Waals surface area contributed by atoms with E-state index < -0.39 is 24.0 Å². The summed E-state index contributed by atoms with van der Waals surface area (Å²) in [5.74, 6) is -0.499. The van der Waals surface area contributed by atoms with Crippen molar-refractivity contribution in [1.29, 1.82) is 0 Å². The fraction of sp³-hybridized carbons (Fsp3) is 0.611. The minimum atomic E-state index is -0.712. The van der Waals surface area contributed by atoms with E-state index in [1.165, 1.54) is 37.7 Å². The van der Waals surface area contributed by atoms with Crippen molar-refractivity contribution in [2.75, 3.05) is 11.9 Å². The minimum absolute atomic E-state index is 0.00783. The van der Waals surface area contributed by atoms with Gasteiger partial charge in [0.2, 0.25) is 11.8 Å². The number of carbonyl (C=O) groups excluding carboxylic acids is 2. The molecule has 2 aromatic rings. The van der Waals surface area contributed by atoms with Crippen LogP contribution in [0.1, 0.15) is 90.2 Å². The lowest BCUT2D eigenvalue weighted by Gasteiger charge is -2.38. The Hall–Kier alpha value is -2.86. The van der Waals surface area contributed by atoms with Crippen molar-refractivity contribution in [3.63, 3.8) is 0 Å². The molecule has 0 bridgehead atoms. The Morgan fingerprint density at radius 1 is 1.00 bits per heavy atom. The first-order chi connectivity index (χ1) is 20.1. The molecule has 0 heterocycles. The Bertz CT molecular complexity index is 1080. The molecule has 3 rings (SSSR count). The van der Waals surface area contributed by atoms with Crippen LogP contribution >= 0.6 is 0 Å². The van der Waals surface area contributed by atoms with Gasteiger partial charge in [-0.15, -0.1) is 0 Å². The summed E-state index contributed by atoms with van der Waals surface area (Å²) < 4.78 is 0. The second kappa shape index (κ2) is 16.7. The monoisotopic (exact) mass is 577 g/mol. The van der Waals surface area contributed by atoms with E-state index in [2.05, 4.69) is 36.5 Å². The van der Waals surface area contributed by atoms with Crippen molar-refractivity contribution >= 4 is 17.5 Å². The van der Waals surface area contributed by atoms with Crippen LogP contribution in [0.2, 0.25) is 0 Å². The van der Waals surface area contributed by atoms with Crippen molar-refractivity contribution in [2.24, 2.45) is 29.4 Å². The summed E-state index contributed by atoms with van der Waals surface area (Å²) >= 11 is 0. The van der Waals surface area contributed by atoms with Crippen LogP contribution < -0.4 is 11.1 Å². The first-order valence-electron chi connectivity index (χ1n) is 16.3. The Morgan fingerprint density at radius 2 is 1.64 bits per heavy atom. The summed E-state index contributed by atoms with van der Waals surface area (Å²) in [5, 5.41) is 15.4. The molecule has 4 N–H and O–H groups in total. The highest BCUT2D eigenvalue weighted by Gasteiger charge is 2.38. The number of aryl methyl sites for hydroxylation is 1. The van der Waals surface area contributed by atoms with Gasteiger partial charge in [-0.2, -0.15) is 0 Å². The van der Waals surface area contributed by atoms with E-state index in [0.29, 0.717) is 25.3 Å². The lowest BCUT2D eigenvalue weighted by Crippen LogP contribution is -2.54. The summed E-state index contributed by atoms with van der Waals surface area (Å²) in [6, 6.07) is 17.5. The second-order valence-corrected chi connectivity index (χ2v) is 13.0. The summed E-state index contributed by atoms with van der Waals surface area (Å²) in [6.45, 7) is 10.6. The average molecular weight is 578 g/mol. The molecule has 2 aromatic carbocycles. The molecule has 0 spiro atoms. The number of amides is 2. The number of nitrogens with two attached hydrogens (primary N) is 1. The van der Waals surface area contributed by atoms with Crippen LogP contribution in [0.5, 0.6) is 0 Å². The van der Waals surface area contributed by atoms with Gasteiger partial charge in [0.05, 0.1) is 12.1 Å². The molecule has 4 unspecified atom stereocenters. The largest absolute Gasteiger partial charge is 0.391 e. The number of benzene rings is 2. The van der Waals surface area contributed by atoms with Gasteiger partial charge in [0.1, 0.15) is 6.04 Å². The van der Waals surface area contributed by atoms with Crippen LogP contribution in [0.4, 0.5) is 5.69 Å². The lowest BCUT2D eigenvalue weighted by atomic mass is 9.80. The van der Waals surface area contributed by atoms with E-state index in [-0.39, 0.29) is 23.8 Å². The zero-order valence-corrected chi connectivity index (χ0v) is 26.6. The Morgan fingerprint density at radius 3 is 2.21 bits per heavy atom. The molecule has 6 nitrogen and oxygen atoms in total. The van der Waals surface area contributed by atoms with Crippen LogP contribution in [0.25, 0.3) is 0 Å². The molecule has 0 aliphatic heterocycles. The van der Waals surface area contributed by atoms with E-state index in [9.17, 15) is 14.7 Å². The first-order valence-corrected chi connectivity index (χ1v) is 16.3. The molecular formula is C36H55N3O3. The molecule has 1 aliphatic carbocycles. The summed E-state index contributed by atoms with van der Waals surface area (Å²) in [7, 11) is 0. The normalized spacial score (nSPS) is 17.7. The maximum atomic E-state index is 14.4. The molecule has 1 fully saturated rings. The fourth-order valence-corrected chi connectivity index (χ4v) is 6.50. The number of primary amides is 1. The molecule has 0 radical (unpaired) electrons. The Balaban J connectivity index is 1.86. The van der Waals surface area contributed by atoms with Crippen LogP contribution in [-0.2, 0) is 16.0 Å². The average Bonchev–Trinajstić information content (AvgIpc) is 2.98. The van der Waals surface area contributed by atoms with Gasteiger partial charge >= 0.3 is 0 Å². The standard InChI is InChI=1S/C36H55N3O3/c1-6-27(5)34(35(37)41)39(22-21-28-13-9-7-10-14-28)36(42)31(25(2)3)24-33(40)32(23-29-15-11-8-12-16-29)38-30-19-17-26(4)18-20-30/h7,9-10,13-14,17-20,25,27,29,31-34,38,40H,6,8,11-12,15-16,21-24H2,1-5H3,(H2,37,41)/t27?,31?,32?,33?,34-/m0/s1. The number of rotatable bonds is 16. The lowest BCUT2D eigenvalue weighted by molar-refractivity contribution is -0.146. The van der Waals surface area contributed by atoms with Gasteiger partial charge in [0.15, 0.2) is 0 Å². The van der Waals surface area contributed by atoms with Gasteiger partial charge in [0, 0.05) is 18.2 Å². The minimum Gasteiger partial charge on any atom is -0.391 e. The van der Waals surface area contributed by atoms with Crippen LogP contribution in [-0.4, -0.2) is 46.6 Å². The molecule has 2 amide bonds. The Kier molecular flexibility index (Phi) is 13.4. The van der Waals surface area contributed by atoms with Gasteiger partial charge in [-0.05, 0) is 61.6 Å². The van der Waals surface area contributed by atoms with Crippen molar-refractivity contribution < 1.29 is 14.7 Å². The Labute approximate surface area is 254 Å². The number of carbonyl (C=O) groups is 2. The van der Waals surface area contributed by atoms with E-state index >= 15 is 0 Å². The summed E-state index contributed by atoms with van der Waals surface area (Å²) in [6.07, 6.45) is 8.02. The van der Waals surface area contributed by atoms with Gasteiger partial charge in [0.25, 0.3) is 0 Å². The van der Waals surface area contributed by atoms with E-state index in [4.69, 9.17) is 5.73 Å². The predicted molar refractivity (Wildman–Crippen MR) is 173 cm³/mol. The number of aliphatic hydroxyl groups excluding tert-OH is 1. The van der Waals surface area contributed by atoms with Gasteiger partial charge in [-0.1, -0.05) is 114 Å². The zero-order chi connectivity index (χ0) is 30.6. The van der Waals surface area contributed by atoms with Crippen molar-refractivity contribution in [1.82, 2.24) is 4.90 Å². The summed E-state index contributed by atoms with van der Waals surface area (Å²) in [4.78, 5) is 28.9. The number of nitrogens with zero attached hydrogens (tertiary/aromatic N) is 1. The molecule has 1 saturated carbocycles. The van der Waals surface area contributed by atoms with E-state index in [1.807, 2.05) is 58.0 Å². The maximum absolute atomic E-state index is 14.4. The molecule has 6 heteroatoms. The topological polar surface area (TPSA) is 95.7 Å². The quantitative estimate of drug-likeness (QED) is 0.206. The van der Waals surface area contributed by atoms with Crippen LogP contribution in [0.15, 0.2) is 54.6 Å². The van der Waals surface area contributed by atoms with Gasteiger partial charge in [-0.25, -0.2) is 0 Å². The van der Waals surface area contributed by atoms with E-state index in [0.717, 1.165) is 24.1 Å². The fourth-order valence-electron chi connectivity index (χ4n) is 6.50. The molecule has 0 aromatic heterocycles. The van der Waals surface area contributed by atoms with Gasteiger partial charge < -0.3 is 21.1 Å².